The monoisotopic (exact) mass is 390 g/mol. The number of halogens is 2. The summed E-state index contributed by atoms with van der Waals surface area (Å²) in [6, 6.07) is 9.65. The highest BCUT2D eigenvalue weighted by Gasteiger charge is 2.13. The molecule has 0 saturated heterocycles. The molecule has 0 aliphatic heterocycles. The van der Waals surface area contributed by atoms with Crippen LogP contribution in [0.3, 0.4) is 0 Å². The first-order valence-corrected chi connectivity index (χ1v) is 7.76. The van der Waals surface area contributed by atoms with E-state index >= 15 is 0 Å². The maximum absolute atomic E-state index is 10.2. The number of ether oxygens (including phenoxy) is 1. The molecule has 18 heavy (non-hydrogen) atoms. The van der Waals surface area contributed by atoms with Gasteiger partial charge in [0.2, 0.25) is 0 Å². The van der Waals surface area contributed by atoms with Crippen LogP contribution in [0.2, 0.25) is 0 Å². The summed E-state index contributed by atoms with van der Waals surface area (Å²) in [5.74, 6) is 0.799. The Morgan fingerprint density at radius 1 is 1.28 bits per heavy atom. The average molecular weight is 392 g/mol. The molecule has 5 heteroatoms. The summed E-state index contributed by atoms with van der Waals surface area (Å²) < 4.78 is 7.21. The van der Waals surface area contributed by atoms with Gasteiger partial charge in [-0.25, -0.2) is 0 Å². The Hall–Kier alpha value is -0.360. The number of hydrogen-bond acceptors (Lipinski definition) is 3. The minimum absolute atomic E-state index is 0.496. The summed E-state index contributed by atoms with van der Waals surface area (Å²) in [5, 5.41) is 10.2. The fourth-order valence-corrected chi connectivity index (χ4v) is 3.47. The van der Waals surface area contributed by atoms with E-state index in [4.69, 9.17) is 4.74 Å². The van der Waals surface area contributed by atoms with Gasteiger partial charge in [0, 0.05) is 15.8 Å². The number of hydrogen-bond donors (Lipinski definition) is 1. The fraction of sp³-hybridized carbons (Fsp3) is 0.231. The highest BCUT2D eigenvalue weighted by molar-refractivity contribution is 9.11. The van der Waals surface area contributed by atoms with Gasteiger partial charge in [0.05, 0.1) is 17.0 Å². The molecule has 1 aromatic carbocycles. The maximum Gasteiger partial charge on any atom is 0.119 e. The molecule has 2 rings (SSSR count). The zero-order chi connectivity index (χ0) is 13.1. The van der Waals surface area contributed by atoms with E-state index in [1.165, 1.54) is 0 Å². The van der Waals surface area contributed by atoms with Crippen LogP contribution >= 0.6 is 43.2 Å². The van der Waals surface area contributed by atoms with Gasteiger partial charge in [0.25, 0.3) is 0 Å². The van der Waals surface area contributed by atoms with E-state index in [2.05, 4.69) is 31.9 Å². The van der Waals surface area contributed by atoms with Gasteiger partial charge < -0.3 is 9.84 Å². The molecule has 0 fully saturated rings. The van der Waals surface area contributed by atoms with E-state index in [9.17, 15) is 5.11 Å². The zero-order valence-electron chi connectivity index (χ0n) is 9.69. The van der Waals surface area contributed by atoms with E-state index in [1.807, 2.05) is 30.3 Å². The van der Waals surface area contributed by atoms with Crippen molar-refractivity contribution in [3.05, 3.63) is 49.0 Å². The molecule has 1 aromatic heterocycles. The van der Waals surface area contributed by atoms with Crippen molar-refractivity contribution >= 4 is 43.2 Å². The zero-order valence-corrected chi connectivity index (χ0v) is 13.7. The summed E-state index contributed by atoms with van der Waals surface area (Å²) in [6.45, 7) is 0. The summed E-state index contributed by atoms with van der Waals surface area (Å²) in [4.78, 5) is 0.955. The normalized spacial score (nSPS) is 12.4. The van der Waals surface area contributed by atoms with Gasteiger partial charge in [-0.1, -0.05) is 15.9 Å². The summed E-state index contributed by atoms with van der Waals surface area (Å²) in [5.41, 5.74) is 1.03. The highest BCUT2D eigenvalue weighted by atomic mass is 79.9. The van der Waals surface area contributed by atoms with Crippen LogP contribution in [-0.4, -0.2) is 12.2 Å². The molecule has 0 saturated carbocycles. The fourth-order valence-electron chi connectivity index (χ4n) is 1.65. The van der Waals surface area contributed by atoms with E-state index in [0.717, 1.165) is 24.4 Å². The minimum atomic E-state index is -0.496. The smallest absolute Gasteiger partial charge is 0.119 e. The largest absolute Gasteiger partial charge is 0.497 e. The van der Waals surface area contributed by atoms with Crippen molar-refractivity contribution in [1.82, 2.24) is 0 Å². The van der Waals surface area contributed by atoms with Crippen molar-refractivity contribution in [3.63, 3.8) is 0 Å². The molecule has 1 heterocycles. The van der Waals surface area contributed by atoms with Crippen molar-refractivity contribution in [1.29, 1.82) is 0 Å². The second-order valence-electron chi connectivity index (χ2n) is 3.82. The Morgan fingerprint density at radius 2 is 2.06 bits per heavy atom. The lowest BCUT2D eigenvalue weighted by Crippen LogP contribution is -2.00. The number of benzene rings is 1. The topological polar surface area (TPSA) is 29.5 Å². The lowest BCUT2D eigenvalue weighted by molar-refractivity contribution is 0.182. The van der Waals surface area contributed by atoms with Crippen LogP contribution in [0, 0.1) is 0 Å². The van der Waals surface area contributed by atoms with Gasteiger partial charge in [-0.3, -0.25) is 0 Å². The number of thiophene rings is 1. The van der Waals surface area contributed by atoms with Gasteiger partial charge in [0.1, 0.15) is 5.75 Å². The second-order valence-corrected chi connectivity index (χ2v) is 7.17. The van der Waals surface area contributed by atoms with Gasteiger partial charge in [-0.2, -0.15) is 0 Å². The van der Waals surface area contributed by atoms with E-state index in [0.29, 0.717) is 6.42 Å². The summed E-state index contributed by atoms with van der Waals surface area (Å²) in [7, 11) is 1.64. The van der Waals surface area contributed by atoms with Crippen LogP contribution in [-0.2, 0) is 6.42 Å². The van der Waals surface area contributed by atoms with E-state index in [1.54, 1.807) is 18.4 Å². The third-order valence-electron chi connectivity index (χ3n) is 2.59. The maximum atomic E-state index is 10.2. The van der Waals surface area contributed by atoms with Gasteiger partial charge in [-0.15, -0.1) is 11.3 Å². The molecule has 0 aliphatic carbocycles. The number of rotatable bonds is 4. The third kappa shape index (κ3) is 3.35. The molecular formula is C13H12Br2O2S. The van der Waals surface area contributed by atoms with Crippen LogP contribution in [0.25, 0.3) is 0 Å². The molecule has 0 amide bonds. The van der Waals surface area contributed by atoms with Crippen molar-refractivity contribution < 1.29 is 9.84 Å². The van der Waals surface area contributed by atoms with Gasteiger partial charge >= 0.3 is 0 Å². The van der Waals surface area contributed by atoms with Crippen molar-refractivity contribution in [2.24, 2.45) is 0 Å². The molecule has 0 radical (unpaired) electrons. The molecule has 1 atom stereocenters. The molecular weight excluding hydrogens is 380 g/mol. The molecule has 1 unspecified atom stereocenters. The Kier molecular flexibility index (Phi) is 4.84. The number of methoxy groups -OCH3 is 1. The Labute approximate surface area is 127 Å². The quantitative estimate of drug-likeness (QED) is 0.827. The van der Waals surface area contributed by atoms with Crippen molar-refractivity contribution in [2.75, 3.05) is 7.11 Å². The molecule has 2 nitrogen and oxygen atoms in total. The number of aliphatic hydroxyl groups excluding tert-OH is 1. The summed E-state index contributed by atoms with van der Waals surface area (Å²) >= 11 is 8.45. The van der Waals surface area contributed by atoms with Crippen LogP contribution < -0.4 is 4.74 Å². The number of aliphatic hydroxyl groups is 1. The van der Waals surface area contributed by atoms with Crippen LogP contribution in [0.5, 0.6) is 5.75 Å². The molecule has 0 bridgehead atoms. The molecule has 0 spiro atoms. The molecule has 1 N–H and O–H groups in total. The molecule has 96 valence electrons. The van der Waals surface area contributed by atoms with Crippen LogP contribution in [0.15, 0.2) is 38.6 Å². The first-order chi connectivity index (χ1) is 8.60. The Bertz CT molecular complexity index is 540. The Morgan fingerprint density at radius 3 is 2.67 bits per heavy atom. The average Bonchev–Trinajstić information content (AvgIpc) is 2.79. The van der Waals surface area contributed by atoms with Gasteiger partial charge in [0.15, 0.2) is 0 Å². The Balaban J connectivity index is 2.18. The first kappa shape index (κ1) is 14.1. The second kappa shape index (κ2) is 6.19. The van der Waals surface area contributed by atoms with Crippen molar-refractivity contribution in [2.45, 2.75) is 12.5 Å². The minimum Gasteiger partial charge on any atom is -0.497 e. The highest BCUT2D eigenvalue weighted by Crippen LogP contribution is 2.32. The standard InChI is InChI=1S/C13H12Br2O2S/c1-17-9-2-3-10(14)8(6-9)7-11(16)12-4-5-13(15)18-12/h2-6,11,16H,7H2,1H3. The first-order valence-electron chi connectivity index (χ1n) is 5.36. The molecule has 0 aliphatic rings. The predicted molar refractivity (Wildman–Crippen MR) is 81.4 cm³/mol. The SMILES string of the molecule is COc1ccc(Br)c(CC(O)c2ccc(Br)s2)c1. The van der Waals surface area contributed by atoms with E-state index < -0.39 is 6.10 Å². The lowest BCUT2D eigenvalue weighted by Gasteiger charge is -2.11. The van der Waals surface area contributed by atoms with Crippen molar-refractivity contribution in [3.8, 4) is 5.75 Å². The van der Waals surface area contributed by atoms with Gasteiger partial charge in [-0.05, 0) is 51.8 Å². The van der Waals surface area contributed by atoms with E-state index in [-0.39, 0.29) is 0 Å². The summed E-state index contributed by atoms with van der Waals surface area (Å²) in [6.07, 6.45) is 0.0646. The molecule has 2 aromatic rings. The van der Waals surface area contributed by atoms with Crippen LogP contribution in [0.1, 0.15) is 16.5 Å². The third-order valence-corrected chi connectivity index (χ3v) is 5.09. The predicted octanol–water partition coefficient (Wildman–Crippen LogP) is 4.56. The van der Waals surface area contributed by atoms with Crippen LogP contribution in [0.4, 0.5) is 0 Å². The lowest BCUT2D eigenvalue weighted by atomic mass is 10.1.